The van der Waals surface area contributed by atoms with Crippen LogP contribution in [0.5, 0.6) is 11.5 Å². The van der Waals surface area contributed by atoms with Crippen molar-refractivity contribution in [3.05, 3.63) is 53.6 Å². The Balaban J connectivity index is 1.95. The summed E-state index contributed by atoms with van der Waals surface area (Å²) in [6.45, 7) is 2.04. The van der Waals surface area contributed by atoms with Gasteiger partial charge >= 0.3 is 0 Å². The molecule has 2 aromatic rings. The quantitative estimate of drug-likeness (QED) is 0.835. The van der Waals surface area contributed by atoms with E-state index in [1.165, 1.54) is 12.0 Å². The van der Waals surface area contributed by atoms with Crippen LogP contribution in [0.15, 0.2) is 42.5 Å². The van der Waals surface area contributed by atoms with Crippen LogP contribution in [-0.4, -0.2) is 20.1 Å². The van der Waals surface area contributed by atoms with Gasteiger partial charge in [0.25, 0.3) is 0 Å². The van der Waals surface area contributed by atoms with Crippen molar-refractivity contribution in [1.29, 1.82) is 0 Å². The van der Waals surface area contributed by atoms with Gasteiger partial charge in [-0.3, -0.25) is 4.79 Å². The maximum atomic E-state index is 13.3. The van der Waals surface area contributed by atoms with Crippen molar-refractivity contribution in [3.8, 4) is 11.5 Å². The molecule has 1 saturated carbocycles. The molecule has 1 aliphatic rings. The van der Waals surface area contributed by atoms with E-state index >= 15 is 0 Å². The molecule has 1 N–H and O–H groups in total. The Morgan fingerprint density at radius 2 is 1.58 bits per heavy atom. The number of anilines is 1. The first-order valence-corrected chi connectivity index (χ1v) is 9.20. The number of hydrogen-bond acceptors (Lipinski definition) is 3. The summed E-state index contributed by atoms with van der Waals surface area (Å²) in [5, 5.41) is 3.13. The van der Waals surface area contributed by atoms with Crippen LogP contribution in [0.1, 0.15) is 43.2 Å². The summed E-state index contributed by atoms with van der Waals surface area (Å²) in [5.74, 6) is 1.41. The van der Waals surface area contributed by atoms with Crippen LogP contribution in [-0.2, 0) is 10.2 Å². The van der Waals surface area contributed by atoms with Gasteiger partial charge in [0.15, 0.2) is 11.5 Å². The van der Waals surface area contributed by atoms with Gasteiger partial charge in [-0.25, -0.2) is 0 Å². The normalized spacial score (nSPS) is 16.0. The minimum Gasteiger partial charge on any atom is -0.493 e. The topological polar surface area (TPSA) is 47.6 Å². The Bertz CT molecular complexity index is 761. The maximum absolute atomic E-state index is 13.3. The molecular weight excluding hydrogens is 326 g/mol. The molecule has 138 valence electrons. The van der Waals surface area contributed by atoms with Gasteiger partial charge in [0.1, 0.15) is 0 Å². The molecule has 0 spiro atoms. The highest BCUT2D eigenvalue weighted by Crippen LogP contribution is 2.43. The summed E-state index contributed by atoms with van der Waals surface area (Å²) in [5.41, 5.74) is 2.49. The maximum Gasteiger partial charge on any atom is 0.235 e. The lowest BCUT2D eigenvalue weighted by molar-refractivity contribution is -0.122. The van der Waals surface area contributed by atoms with Crippen molar-refractivity contribution in [1.82, 2.24) is 0 Å². The zero-order chi connectivity index (χ0) is 18.6. The zero-order valence-electron chi connectivity index (χ0n) is 15.8. The van der Waals surface area contributed by atoms with Gasteiger partial charge < -0.3 is 14.8 Å². The number of aryl methyl sites for hydroxylation is 1. The summed E-state index contributed by atoms with van der Waals surface area (Å²) in [6, 6.07) is 13.8. The molecule has 0 aliphatic heterocycles. The average Bonchev–Trinajstić information content (AvgIpc) is 2.69. The number of ether oxygens (including phenoxy) is 2. The highest BCUT2D eigenvalue weighted by molar-refractivity contribution is 5.99. The highest BCUT2D eigenvalue weighted by Gasteiger charge is 2.41. The van der Waals surface area contributed by atoms with E-state index in [0.717, 1.165) is 36.9 Å². The number of carbonyl (C=O) groups is 1. The number of carbonyl (C=O) groups excluding carboxylic acids is 1. The first kappa shape index (κ1) is 18.3. The number of benzene rings is 2. The predicted molar refractivity (Wildman–Crippen MR) is 104 cm³/mol. The first-order chi connectivity index (χ1) is 12.6. The molecule has 0 saturated heterocycles. The van der Waals surface area contributed by atoms with Crippen LogP contribution in [0, 0.1) is 6.92 Å². The fourth-order valence-corrected chi connectivity index (χ4v) is 3.82. The summed E-state index contributed by atoms with van der Waals surface area (Å²) in [6.07, 6.45) is 4.97. The molecule has 4 heteroatoms. The lowest BCUT2D eigenvalue weighted by Gasteiger charge is -2.36. The minimum absolute atomic E-state index is 0.0632. The molecule has 26 heavy (non-hydrogen) atoms. The Hall–Kier alpha value is -2.49. The zero-order valence-corrected chi connectivity index (χ0v) is 15.8. The van der Waals surface area contributed by atoms with E-state index in [1.807, 2.05) is 49.4 Å². The average molecular weight is 353 g/mol. The van der Waals surface area contributed by atoms with Crippen LogP contribution in [0.25, 0.3) is 0 Å². The lowest BCUT2D eigenvalue weighted by atomic mass is 9.68. The Labute approximate surface area is 155 Å². The summed E-state index contributed by atoms with van der Waals surface area (Å²) < 4.78 is 10.8. The third kappa shape index (κ3) is 3.55. The number of nitrogens with one attached hydrogen (secondary N) is 1. The fourth-order valence-electron chi connectivity index (χ4n) is 3.82. The van der Waals surface area contributed by atoms with Crippen molar-refractivity contribution in [2.45, 2.75) is 44.4 Å². The summed E-state index contributed by atoms with van der Waals surface area (Å²) in [4.78, 5) is 13.3. The molecule has 0 aromatic heterocycles. The van der Waals surface area contributed by atoms with Crippen LogP contribution in [0.3, 0.4) is 0 Å². The molecule has 4 nitrogen and oxygen atoms in total. The van der Waals surface area contributed by atoms with Crippen LogP contribution in [0.4, 0.5) is 5.69 Å². The van der Waals surface area contributed by atoms with Gasteiger partial charge in [-0.05, 0) is 49.6 Å². The van der Waals surface area contributed by atoms with Gasteiger partial charge in [0.05, 0.1) is 19.6 Å². The van der Waals surface area contributed by atoms with Crippen molar-refractivity contribution in [2.75, 3.05) is 19.5 Å². The van der Waals surface area contributed by atoms with E-state index < -0.39 is 5.41 Å². The lowest BCUT2D eigenvalue weighted by Crippen LogP contribution is -2.42. The molecule has 2 aromatic carbocycles. The van der Waals surface area contributed by atoms with Crippen LogP contribution < -0.4 is 14.8 Å². The fraction of sp³-hybridized carbons (Fsp3) is 0.409. The molecule has 0 bridgehead atoms. The predicted octanol–water partition coefficient (Wildman–Crippen LogP) is 4.85. The second-order valence-electron chi connectivity index (χ2n) is 7.03. The van der Waals surface area contributed by atoms with Crippen molar-refractivity contribution >= 4 is 11.6 Å². The Morgan fingerprint density at radius 3 is 2.19 bits per heavy atom. The van der Waals surface area contributed by atoms with E-state index in [2.05, 4.69) is 5.32 Å². The molecule has 0 radical (unpaired) electrons. The third-order valence-electron chi connectivity index (χ3n) is 5.39. The molecule has 3 rings (SSSR count). The molecule has 0 atom stereocenters. The Morgan fingerprint density at radius 1 is 0.923 bits per heavy atom. The van der Waals surface area contributed by atoms with Crippen molar-refractivity contribution in [3.63, 3.8) is 0 Å². The van der Waals surface area contributed by atoms with Crippen LogP contribution >= 0.6 is 0 Å². The van der Waals surface area contributed by atoms with Gasteiger partial charge in [-0.1, -0.05) is 43.0 Å². The minimum atomic E-state index is -0.525. The molecule has 1 fully saturated rings. The van der Waals surface area contributed by atoms with Crippen LogP contribution in [0.2, 0.25) is 0 Å². The number of rotatable bonds is 5. The molecule has 0 heterocycles. The van der Waals surface area contributed by atoms with E-state index in [0.29, 0.717) is 11.5 Å². The van der Waals surface area contributed by atoms with Gasteiger partial charge in [-0.2, -0.15) is 0 Å². The van der Waals surface area contributed by atoms with Crippen molar-refractivity contribution < 1.29 is 14.3 Å². The van der Waals surface area contributed by atoms with E-state index in [4.69, 9.17) is 9.47 Å². The first-order valence-electron chi connectivity index (χ1n) is 9.20. The van der Waals surface area contributed by atoms with E-state index in [9.17, 15) is 4.79 Å². The van der Waals surface area contributed by atoms with E-state index in [1.54, 1.807) is 14.2 Å². The van der Waals surface area contributed by atoms with Crippen molar-refractivity contribution in [2.24, 2.45) is 0 Å². The standard InChI is InChI=1S/C22H27NO3/c1-16-7-10-18(11-8-16)23-21(24)22(13-5-4-6-14-22)17-9-12-19(25-2)20(15-17)26-3/h7-12,15H,4-6,13-14H2,1-3H3,(H,23,24). The molecule has 1 aliphatic carbocycles. The largest absolute Gasteiger partial charge is 0.493 e. The highest BCUT2D eigenvalue weighted by atomic mass is 16.5. The van der Waals surface area contributed by atoms with Gasteiger partial charge in [0, 0.05) is 5.69 Å². The number of hydrogen-bond donors (Lipinski definition) is 1. The number of methoxy groups -OCH3 is 2. The Kier molecular flexibility index (Phi) is 5.50. The third-order valence-corrected chi connectivity index (χ3v) is 5.39. The smallest absolute Gasteiger partial charge is 0.235 e. The molecule has 1 amide bonds. The second kappa shape index (κ2) is 7.81. The SMILES string of the molecule is COc1ccc(C2(C(=O)Nc3ccc(C)cc3)CCCCC2)cc1OC. The molecule has 0 unspecified atom stereocenters. The monoisotopic (exact) mass is 353 g/mol. The van der Waals surface area contributed by atoms with Gasteiger partial charge in [0.2, 0.25) is 5.91 Å². The van der Waals surface area contributed by atoms with E-state index in [-0.39, 0.29) is 5.91 Å². The summed E-state index contributed by atoms with van der Waals surface area (Å²) in [7, 11) is 3.25. The second-order valence-corrected chi connectivity index (χ2v) is 7.03. The molecular formula is C22H27NO3. The van der Waals surface area contributed by atoms with Gasteiger partial charge in [-0.15, -0.1) is 0 Å². The summed E-state index contributed by atoms with van der Waals surface area (Å²) >= 11 is 0. The number of amides is 1.